The van der Waals surface area contributed by atoms with Gasteiger partial charge in [-0.2, -0.15) is 0 Å². The SMILES string of the molecule is CC(C)c1cc(-c2nc3c(-c4ccc5c6cc7c(cc6n(-c6ccccn6)c5c4)oc4ccccc47)cccc3n2-c2ccccc2)c2[nH]c3cc(-c4ccccc4)ccc3c2c1C(C)C. The zero-order chi connectivity index (χ0) is 44.2. The van der Waals surface area contributed by atoms with Gasteiger partial charge in [-0.25, -0.2) is 9.97 Å². The van der Waals surface area contributed by atoms with Crippen LogP contribution >= 0.6 is 0 Å². The summed E-state index contributed by atoms with van der Waals surface area (Å²) < 4.78 is 11.1. The molecule has 0 unspecified atom stereocenters. The average molecular weight is 852 g/mol. The molecule has 0 fully saturated rings. The Hall–Kier alpha value is -8.22. The normalized spacial score (nSPS) is 12.2. The van der Waals surface area contributed by atoms with Gasteiger partial charge in [-0.1, -0.05) is 137 Å². The minimum atomic E-state index is 0.296. The minimum Gasteiger partial charge on any atom is -0.456 e. The van der Waals surface area contributed by atoms with Gasteiger partial charge in [0.15, 0.2) is 0 Å². The summed E-state index contributed by atoms with van der Waals surface area (Å²) in [7, 11) is 0. The van der Waals surface area contributed by atoms with Crippen molar-refractivity contribution < 1.29 is 4.42 Å². The van der Waals surface area contributed by atoms with Gasteiger partial charge in [-0.05, 0) is 100 Å². The van der Waals surface area contributed by atoms with Crippen LogP contribution in [0.15, 0.2) is 187 Å². The molecular weight excluding hydrogens is 807 g/mol. The van der Waals surface area contributed by atoms with Gasteiger partial charge in [0.05, 0.1) is 27.6 Å². The number of aromatic amines is 1. The Bertz CT molecular complexity index is 4040. The fourth-order valence-electron chi connectivity index (χ4n) is 10.7. The first-order chi connectivity index (χ1) is 32.4. The monoisotopic (exact) mass is 851 g/mol. The lowest BCUT2D eigenvalue weighted by molar-refractivity contribution is 0.669. The van der Waals surface area contributed by atoms with Crippen LogP contribution in [0.2, 0.25) is 0 Å². The number of fused-ring (bicyclic) bond motifs is 10. The number of hydrogen-bond acceptors (Lipinski definition) is 3. The van der Waals surface area contributed by atoms with Crippen LogP contribution in [0.3, 0.4) is 0 Å². The van der Waals surface area contributed by atoms with Crippen LogP contribution < -0.4 is 0 Å². The molecule has 1 N–H and O–H groups in total. The number of para-hydroxylation sites is 3. The zero-order valence-corrected chi connectivity index (χ0v) is 37.2. The summed E-state index contributed by atoms with van der Waals surface area (Å²) in [6.45, 7) is 9.29. The molecule has 0 aliphatic carbocycles. The number of benzene rings is 8. The van der Waals surface area contributed by atoms with Gasteiger partial charge < -0.3 is 9.40 Å². The number of H-pyrrole nitrogens is 1. The standard InChI is InChI=1S/C60H45N5O/c1-35(2)45-32-48(59-57(56(45)36(3)4)44-28-25-38(30-49(44)62-59)37-16-7-5-8-17-37)60-63-58-41(21-15-22-50(58)64(60)40-18-9-6-10-19-40)39-26-27-42-46-33-47-43-20-11-12-23-53(43)66-54(47)34-52(46)65(51(42)31-39)55-24-13-14-29-61-55/h5-36,62H,1-4H3. The maximum absolute atomic E-state index is 6.43. The van der Waals surface area contributed by atoms with Crippen LogP contribution in [0.5, 0.6) is 0 Å². The van der Waals surface area contributed by atoms with Gasteiger partial charge >= 0.3 is 0 Å². The Morgan fingerprint density at radius 1 is 0.500 bits per heavy atom. The van der Waals surface area contributed by atoms with Gasteiger partial charge in [-0.15, -0.1) is 0 Å². The molecule has 0 radical (unpaired) electrons. The molecular formula is C60H45N5O. The molecule has 6 nitrogen and oxygen atoms in total. The predicted molar refractivity (Wildman–Crippen MR) is 274 cm³/mol. The molecule has 8 aromatic carbocycles. The molecule has 13 aromatic rings. The van der Waals surface area contributed by atoms with E-state index in [-0.39, 0.29) is 0 Å². The Morgan fingerprint density at radius 2 is 1.26 bits per heavy atom. The number of hydrogen-bond donors (Lipinski definition) is 1. The third-order valence-corrected chi connectivity index (χ3v) is 13.6. The van der Waals surface area contributed by atoms with E-state index >= 15 is 0 Å². The third-order valence-electron chi connectivity index (χ3n) is 13.6. The number of aromatic nitrogens is 5. The van der Waals surface area contributed by atoms with Crippen molar-refractivity contribution in [1.82, 2.24) is 24.1 Å². The van der Waals surface area contributed by atoms with Crippen molar-refractivity contribution in [3.05, 3.63) is 193 Å². The number of rotatable bonds is 7. The molecule has 0 aliphatic heterocycles. The lowest BCUT2D eigenvalue weighted by Crippen LogP contribution is -2.03. The van der Waals surface area contributed by atoms with E-state index in [9.17, 15) is 0 Å². The fraction of sp³-hybridized carbons (Fsp3) is 0.100. The maximum Gasteiger partial charge on any atom is 0.147 e. The van der Waals surface area contributed by atoms with Crippen LogP contribution in [0.25, 0.3) is 122 Å². The summed E-state index contributed by atoms with van der Waals surface area (Å²) in [5.74, 6) is 2.36. The molecule has 0 bridgehead atoms. The molecule has 0 saturated carbocycles. The third kappa shape index (κ3) is 5.74. The van der Waals surface area contributed by atoms with Gasteiger partial charge in [0.1, 0.15) is 22.8 Å². The van der Waals surface area contributed by atoms with Crippen LogP contribution in [-0.4, -0.2) is 24.1 Å². The van der Waals surface area contributed by atoms with Crippen molar-refractivity contribution in [3.8, 4) is 45.1 Å². The smallest absolute Gasteiger partial charge is 0.147 e. The van der Waals surface area contributed by atoms with Gasteiger partial charge in [-0.3, -0.25) is 9.13 Å². The van der Waals surface area contributed by atoms with Gasteiger partial charge in [0, 0.05) is 66.9 Å². The van der Waals surface area contributed by atoms with Crippen molar-refractivity contribution in [1.29, 1.82) is 0 Å². The van der Waals surface area contributed by atoms with E-state index in [0.717, 1.165) is 99.8 Å². The first-order valence-electron chi connectivity index (χ1n) is 23.0. The summed E-state index contributed by atoms with van der Waals surface area (Å²) in [6, 6.07) is 62.9. The number of furan rings is 1. The Labute approximate surface area is 381 Å². The van der Waals surface area contributed by atoms with Crippen LogP contribution in [0.1, 0.15) is 50.7 Å². The van der Waals surface area contributed by atoms with E-state index in [1.807, 2.05) is 30.5 Å². The molecule has 66 heavy (non-hydrogen) atoms. The van der Waals surface area contributed by atoms with Crippen molar-refractivity contribution >= 4 is 76.6 Å². The lowest BCUT2D eigenvalue weighted by atomic mass is 9.85. The Kier molecular flexibility index (Phi) is 8.50. The van der Waals surface area contributed by atoms with Crippen molar-refractivity contribution in [3.63, 3.8) is 0 Å². The second-order valence-electron chi connectivity index (χ2n) is 18.2. The van der Waals surface area contributed by atoms with E-state index in [4.69, 9.17) is 14.4 Å². The summed E-state index contributed by atoms with van der Waals surface area (Å²) in [5, 5.41) is 7.03. The highest BCUT2D eigenvalue weighted by molar-refractivity contribution is 6.18. The Morgan fingerprint density at radius 3 is 2.06 bits per heavy atom. The van der Waals surface area contributed by atoms with Crippen molar-refractivity contribution in [2.75, 3.05) is 0 Å². The molecule has 0 aliphatic rings. The van der Waals surface area contributed by atoms with E-state index in [1.165, 1.54) is 33.0 Å². The first kappa shape index (κ1) is 38.3. The second-order valence-corrected chi connectivity index (χ2v) is 18.2. The highest BCUT2D eigenvalue weighted by atomic mass is 16.3. The lowest BCUT2D eigenvalue weighted by Gasteiger charge is -2.20. The molecule has 5 heterocycles. The van der Waals surface area contributed by atoms with E-state index in [0.29, 0.717) is 11.8 Å². The molecule has 5 aromatic heterocycles. The molecule has 0 saturated heterocycles. The summed E-state index contributed by atoms with van der Waals surface area (Å²) in [6.07, 6.45) is 1.86. The number of imidazole rings is 1. The largest absolute Gasteiger partial charge is 0.456 e. The first-order valence-corrected chi connectivity index (χ1v) is 23.0. The predicted octanol–water partition coefficient (Wildman–Crippen LogP) is 16.3. The highest BCUT2D eigenvalue weighted by Gasteiger charge is 2.26. The maximum atomic E-state index is 6.43. The average Bonchev–Trinajstić information content (AvgIpc) is 4.12. The summed E-state index contributed by atoms with van der Waals surface area (Å²) in [4.78, 5) is 14.7. The van der Waals surface area contributed by atoms with E-state index in [1.54, 1.807) is 0 Å². The van der Waals surface area contributed by atoms with E-state index < -0.39 is 0 Å². The fourth-order valence-corrected chi connectivity index (χ4v) is 10.7. The number of nitrogens with zero attached hydrogens (tertiary/aromatic N) is 4. The zero-order valence-electron chi connectivity index (χ0n) is 37.2. The van der Waals surface area contributed by atoms with E-state index in [2.05, 4.69) is 193 Å². The molecule has 0 spiro atoms. The molecule has 13 rings (SSSR count). The quantitative estimate of drug-likeness (QED) is 0.174. The molecule has 6 heteroatoms. The van der Waals surface area contributed by atoms with Crippen LogP contribution in [0, 0.1) is 0 Å². The molecule has 0 atom stereocenters. The topological polar surface area (TPSA) is 64.6 Å². The highest BCUT2D eigenvalue weighted by Crippen LogP contribution is 2.46. The number of pyridine rings is 1. The molecule has 0 amide bonds. The van der Waals surface area contributed by atoms with Crippen LogP contribution in [0.4, 0.5) is 0 Å². The summed E-state index contributed by atoms with van der Waals surface area (Å²) >= 11 is 0. The van der Waals surface area contributed by atoms with Gasteiger partial charge in [0.25, 0.3) is 0 Å². The molecule has 316 valence electrons. The van der Waals surface area contributed by atoms with Crippen LogP contribution in [-0.2, 0) is 0 Å². The van der Waals surface area contributed by atoms with Gasteiger partial charge in [0.2, 0.25) is 0 Å². The summed E-state index contributed by atoms with van der Waals surface area (Å²) in [5.41, 5.74) is 17.5. The van der Waals surface area contributed by atoms with Crippen molar-refractivity contribution in [2.24, 2.45) is 0 Å². The number of nitrogens with one attached hydrogen (secondary N) is 1. The van der Waals surface area contributed by atoms with Crippen molar-refractivity contribution in [2.45, 2.75) is 39.5 Å². The Balaban J connectivity index is 1.08. The second kappa shape index (κ2) is 14.7. The minimum absolute atomic E-state index is 0.296.